The molecule has 2 N–H and O–H groups in total. The number of allylic oxidation sites excluding steroid dienone is 1. The van der Waals surface area contributed by atoms with E-state index in [4.69, 9.17) is 16.3 Å². The molecule has 0 atom stereocenters. The van der Waals surface area contributed by atoms with Crippen LogP contribution in [0.3, 0.4) is 0 Å². The van der Waals surface area contributed by atoms with E-state index in [1.165, 1.54) is 0 Å². The Morgan fingerprint density at radius 2 is 1.86 bits per heavy atom. The Morgan fingerprint density at radius 3 is 2.57 bits per heavy atom. The zero-order valence-corrected chi connectivity index (χ0v) is 15.8. The van der Waals surface area contributed by atoms with Gasteiger partial charge in [0.1, 0.15) is 12.3 Å². The van der Waals surface area contributed by atoms with Gasteiger partial charge in [-0.2, -0.15) is 0 Å². The Labute approximate surface area is 167 Å². The van der Waals surface area contributed by atoms with Crippen molar-refractivity contribution in [3.05, 3.63) is 99.8 Å². The molecule has 0 unspecified atom stereocenters. The van der Waals surface area contributed by atoms with Crippen molar-refractivity contribution in [2.45, 2.75) is 13.0 Å². The Kier molecular flexibility index (Phi) is 6.29. The van der Waals surface area contributed by atoms with Crippen LogP contribution in [0.4, 0.5) is 10.5 Å². The van der Waals surface area contributed by atoms with E-state index < -0.39 is 11.7 Å². The Balaban J connectivity index is 1.84. The summed E-state index contributed by atoms with van der Waals surface area (Å²) >= 11 is 6.23. The van der Waals surface area contributed by atoms with Crippen LogP contribution in [0.1, 0.15) is 11.1 Å². The van der Waals surface area contributed by atoms with Crippen molar-refractivity contribution in [3.8, 4) is 11.3 Å². The van der Waals surface area contributed by atoms with Gasteiger partial charge in [-0.1, -0.05) is 66.2 Å². The maximum Gasteiger partial charge on any atom is 0.412 e. The average Bonchev–Trinajstić information content (AvgIpc) is 2.70. The highest BCUT2D eigenvalue weighted by Gasteiger charge is 2.15. The summed E-state index contributed by atoms with van der Waals surface area (Å²) in [6.45, 7) is 3.83. The molecule has 0 radical (unpaired) electrons. The first-order chi connectivity index (χ1) is 13.6. The number of ether oxygens (including phenoxy) is 1. The van der Waals surface area contributed by atoms with Crippen LogP contribution in [0.2, 0.25) is 5.02 Å². The van der Waals surface area contributed by atoms with Crippen LogP contribution in [-0.4, -0.2) is 11.1 Å². The standard InChI is InChI=1S/C22H19ClN2O3/c1-2-8-16-13-19(17-11-6-7-12-18(17)23)24-21(26)20(16)25-22(27)28-14-15-9-4-3-5-10-15/h2-7,9-13H,1,8,14H2,(H,24,26)(H,25,27). The SMILES string of the molecule is C=CCc1cc(-c2ccccc2Cl)[nH]c(=O)c1NC(=O)OCc1ccccc1. The molecule has 0 saturated carbocycles. The smallest absolute Gasteiger partial charge is 0.412 e. The summed E-state index contributed by atoms with van der Waals surface area (Å²) in [5.74, 6) is 0. The largest absolute Gasteiger partial charge is 0.444 e. The Bertz CT molecular complexity index is 1050. The number of hydrogen-bond acceptors (Lipinski definition) is 3. The molecular weight excluding hydrogens is 376 g/mol. The van der Waals surface area contributed by atoms with Crippen LogP contribution >= 0.6 is 11.6 Å². The highest BCUT2D eigenvalue weighted by atomic mass is 35.5. The van der Waals surface area contributed by atoms with E-state index >= 15 is 0 Å². The first kappa shape index (κ1) is 19.5. The summed E-state index contributed by atoms with van der Waals surface area (Å²) in [6, 6.07) is 18.3. The maximum atomic E-state index is 12.6. The highest BCUT2D eigenvalue weighted by molar-refractivity contribution is 6.33. The lowest BCUT2D eigenvalue weighted by Gasteiger charge is -2.12. The van der Waals surface area contributed by atoms with Gasteiger partial charge in [0.25, 0.3) is 5.56 Å². The number of aromatic nitrogens is 1. The number of carbonyl (C=O) groups excluding carboxylic acids is 1. The fourth-order valence-electron chi connectivity index (χ4n) is 2.75. The van der Waals surface area contributed by atoms with Gasteiger partial charge in [-0.15, -0.1) is 6.58 Å². The van der Waals surface area contributed by atoms with Crippen LogP contribution in [0.5, 0.6) is 0 Å². The predicted molar refractivity (Wildman–Crippen MR) is 112 cm³/mol. The third kappa shape index (κ3) is 4.69. The fourth-order valence-corrected chi connectivity index (χ4v) is 2.99. The summed E-state index contributed by atoms with van der Waals surface area (Å²) < 4.78 is 5.20. The minimum absolute atomic E-state index is 0.110. The molecule has 0 aliphatic rings. The first-order valence-electron chi connectivity index (χ1n) is 8.68. The van der Waals surface area contributed by atoms with Crippen molar-refractivity contribution < 1.29 is 9.53 Å². The predicted octanol–water partition coefficient (Wildman–Crippen LogP) is 5.17. The van der Waals surface area contributed by atoms with Crippen molar-refractivity contribution in [2.75, 3.05) is 5.32 Å². The second kappa shape index (κ2) is 9.06. The number of carbonyl (C=O) groups is 1. The lowest BCUT2D eigenvalue weighted by atomic mass is 10.1. The molecule has 142 valence electrons. The number of pyridine rings is 1. The quantitative estimate of drug-likeness (QED) is 0.566. The number of nitrogens with one attached hydrogen (secondary N) is 2. The molecule has 0 aliphatic carbocycles. The van der Waals surface area contributed by atoms with Crippen molar-refractivity contribution in [3.63, 3.8) is 0 Å². The number of amides is 1. The van der Waals surface area contributed by atoms with Crippen LogP contribution in [0.25, 0.3) is 11.3 Å². The van der Waals surface area contributed by atoms with Crippen molar-refractivity contribution in [1.29, 1.82) is 0 Å². The van der Waals surface area contributed by atoms with E-state index in [-0.39, 0.29) is 12.3 Å². The molecule has 0 saturated heterocycles. The number of H-pyrrole nitrogens is 1. The molecule has 3 rings (SSSR count). The zero-order valence-electron chi connectivity index (χ0n) is 15.1. The molecule has 0 aliphatic heterocycles. The molecule has 6 heteroatoms. The molecule has 28 heavy (non-hydrogen) atoms. The van der Waals surface area contributed by atoms with Crippen LogP contribution in [-0.2, 0) is 17.8 Å². The highest BCUT2D eigenvalue weighted by Crippen LogP contribution is 2.27. The first-order valence-corrected chi connectivity index (χ1v) is 9.06. The van der Waals surface area contributed by atoms with Crippen molar-refractivity contribution >= 4 is 23.4 Å². The molecule has 5 nitrogen and oxygen atoms in total. The van der Waals surface area contributed by atoms with Gasteiger partial charge in [0.2, 0.25) is 0 Å². The van der Waals surface area contributed by atoms with E-state index in [2.05, 4.69) is 16.9 Å². The summed E-state index contributed by atoms with van der Waals surface area (Å²) in [5, 5.41) is 3.06. The molecule has 2 aromatic carbocycles. The van der Waals surface area contributed by atoms with Gasteiger partial charge < -0.3 is 9.72 Å². The molecule has 1 amide bonds. The fraction of sp³-hybridized carbons (Fsp3) is 0.0909. The van der Waals surface area contributed by atoms with Gasteiger partial charge >= 0.3 is 6.09 Å². The van der Waals surface area contributed by atoms with Gasteiger partial charge in [-0.25, -0.2) is 4.79 Å². The lowest BCUT2D eigenvalue weighted by Crippen LogP contribution is -2.22. The normalized spacial score (nSPS) is 10.3. The average molecular weight is 395 g/mol. The number of benzene rings is 2. The molecular formula is C22H19ClN2O3. The molecule has 0 spiro atoms. The second-order valence-electron chi connectivity index (χ2n) is 6.07. The minimum Gasteiger partial charge on any atom is -0.444 e. The van der Waals surface area contributed by atoms with Crippen LogP contribution in [0.15, 0.2) is 78.1 Å². The zero-order chi connectivity index (χ0) is 19.9. The number of rotatable bonds is 6. The number of aromatic amines is 1. The second-order valence-corrected chi connectivity index (χ2v) is 6.48. The minimum atomic E-state index is -0.704. The topological polar surface area (TPSA) is 71.2 Å². The van der Waals surface area contributed by atoms with Gasteiger partial charge in [0.15, 0.2) is 0 Å². The molecule has 1 aromatic heterocycles. The van der Waals surface area contributed by atoms with E-state index in [1.807, 2.05) is 48.5 Å². The molecule has 3 aromatic rings. The van der Waals surface area contributed by atoms with E-state index in [0.29, 0.717) is 28.3 Å². The van der Waals surface area contributed by atoms with Gasteiger partial charge in [0, 0.05) is 10.6 Å². The number of halogens is 1. The number of anilines is 1. The van der Waals surface area contributed by atoms with E-state index in [9.17, 15) is 9.59 Å². The lowest BCUT2D eigenvalue weighted by molar-refractivity contribution is 0.155. The monoisotopic (exact) mass is 394 g/mol. The number of hydrogen-bond donors (Lipinski definition) is 2. The molecule has 1 heterocycles. The Morgan fingerprint density at radius 1 is 1.14 bits per heavy atom. The molecule has 0 fully saturated rings. The van der Waals surface area contributed by atoms with E-state index in [0.717, 1.165) is 5.56 Å². The Hall–Kier alpha value is -3.31. The van der Waals surface area contributed by atoms with Gasteiger partial charge in [-0.05, 0) is 29.7 Å². The maximum absolute atomic E-state index is 12.6. The third-order valence-electron chi connectivity index (χ3n) is 4.08. The van der Waals surface area contributed by atoms with Gasteiger partial charge in [0.05, 0.1) is 5.69 Å². The van der Waals surface area contributed by atoms with Crippen molar-refractivity contribution in [2.24, 2.45) is 0 Å². The summed E-state index contributed by atoms with van der Waals surface area (Å²) in [4.78, 5) is 27.6. The third-order valence-corrected chi connectivity index (χ3v) is 4.41. The summed E-state index contributed by atoms with van der Waals surface area (Å²) in [6.07, 6.45) is 1.35. The van der Waals surface area contributed by atoms with Gasteiger partial charge in [-0.3, -0.25) is 10.1 Å². The van der Waals surface area contributed by atoms with Crippen LogP contribution < -0.4 is 10.9 Å². The van der Waals surface area contributed by atoms with E-state index in [1.54, 1.807) is 18.2 Å². The van der Waals surface area contributed by atoms with Crippen LogP contribution in [0, 0.1) is 0 Å². The summed E-state index contributed by atoms with van der Waals surface area (Å²) in [7, 11) is 0. The molecule has 0 bridgehead atoms. The summed E-state index contributed by atoms with van der Waals surface area (Å²) in [5.41, 5.74) is 2.43. The van der Waals surface area contributed by atoms with Crippen molar-refractivity contribution in [1.82, 2.24) is 4.98 Å².